The zero-order valence-electron chi connectivity index (χ0n) is 7.02. The van der Waals surface area contributed by atoms with Crippen LogP contribution in [0.1, 0.15) is 4.88 Å². The lowest BCUT2D eigenvalue weighted by Crippen LogP contribution is -1.79. The smallest absolute Gasteiger partial charge is 0.214 e. The van der Waals surface area contributed by atoms with Crippen molar-refractivity contribution in [2.45, 2.75) is 6.61 Å². The van der Waals surface area contributed by atoms with Gasteiger partial charge in [-0.3, -0.25) is 0 Å². The Bertz CT molecular complexity index is 370. The summed E-state index contributed by atoms with van der Waals surface area (Å²) in [4.78, 5) is 2.16. The predicted molar refractivity (Wildman–Crippen MR) is 48.2 cm³/mol. The molecule has 6 heteroatoms. The Morgan fingerprint density at radius 3 is 3.15 bits per heavy atom. The van der Waals surface area contributed by atoms with Gasteiger partial charge in [0.2, 0.25) is 5.82 Å². The number of aromatic nitrogens is 4. The molecule has 2 rings (SSSR count). The standard InChI is InChI=1S/C7H8N4OS/c1-12-4-5-2-3-6(13-5)7-8-10-11-9-7/h2-3H,4H2,1H3,(H,8,9,10,11). The van der Waals surface area contributed by atoms with E-state index in [0.717, 1.165) is 9.75 Å². The van der Waals surface area contributed by atoms with Crippen molar-refractivity contribution < 1.29 is 4.74 Å². The number of nitrogens with one attached hydrogen (secondary N) is 1. The molecule has 0 saturated carbocycles. The third-order valence-corrected chi connectivity index (χ3v) is 2.57. The molecule has 0 atom stereocenters. The van der Waals surface area contributed by atoms with Gasteiger partial charge < -0.3 is 4.74 Å². The lowest BCUT2D eigenvalue weighted by atomic mass is 10.4. The summed E-state index contributed by atoms with van der Waals surface area (Å²) in [5.41, 5.74) is 0. The molecule has 5 nitrogen and oxygen atoms in total. The minimum absolute atomic E-state index is 0.627. The summed E-state index contributed by atoms with van der Waals surface area (Å²) in [7, 11) is 1.67. The van der Waals surface area contributed by atoms with Crippen molar-refractivity contribution in [3.8, 4) is 10.7 Å². The third kappa shape index (κ3) is 1.73. The van der Waals surface area contributed by atoms with E-state index in [-0.39, 0.29) is 0 Å². The summed E-state index contributed by atoms with van der Waals surface area (Å²) < 4.78 is 5.00. The maximum absolute atomic E-state index is 5.00. The Morgan fingerprint density at radius 1 is 1.54 bits per heavy atom. The van der Waals surface area contributed by atoms with E-state index in [9.17, 15) is 0 Å². The Morgan fingerprint density at radius 2 is 2.46 bits per heavy atom. The fourth-order valence-electron chi connectivity index (χ4n) is 0.984. The topological polar surface area (TPSA) is 63.7 Å². The van der Waals surface area contributed by atoms with E-state index in [1.807, 2.05) is 12.1 Å². The van der Waals surface area contributed by atoms with Crippen molar-refractivity contribution in [2.75, 3.05) is 7.11 Å². The lowest BCUT2D eigenvalue weighted by Gasteiger charge is -1.90. The SMILES string of the molecule is COCc1ccc(-c2nn[nH]n2)s1. The monoisotopic (exact) mass is 196 g/mol. The minimum Gasteiger partial charge on any atom is -0.379 e. The third-order valence-electron chi connectivity index (χ3n) is 1.51. The number of aromatic amines is 1. The molecule has 13 heavy (non-hydrogen) atoms. The van der Waals surface area contributed by atoms with E-state index in [1.165, 1.54) is 0 Å². The first kappa shape index (κ1) is 8.33. The average molecular weight is 196 g/mol. The molecule has 2 aromatic rings. The van der Waals surface area contributed by atoms with Crippen molar-refractivity contribution >= 4 is 11.3 Å². The van der Waals surface area contributed by atoms with E-state index < -0.39 is 0 Å². The molecule has 0 aliphatic rings. The summed E-state index contributed by atoms with van der Waals surface area (Å²) >= 11 is 1.61. The first-order chi connectivity index (χ1) is 6.40. The Kier molecular flexibility index (Phi) is 2.33. The molecule has 0 unspecified atom stereocenters. The fourth-order valence-corrected chi connectivity index (χ4v) is 1.89. The summed E-state index contributed by atoms with van der Waals surface area (Å²) in [5, 5.41) is 13.7. The molecule has 0 aliphatic heterocycles. The number of nitrogens with zero attached hydrogens (tertiary/aromatic N) is 3. The van der Waals surface area contributed by atoms with Crippen LogP contribution in [0.2, 0.25) is 0 Å². The van der Waals surface area contributed by atoms with Gasteiger partial charge in [-0.25, -0.2) is 0 Å². The Hall–Kier alpha value is -1.27. The number of H-pyrrole nitrogens is 1. The number of tetrazole rings is 1. The molecule has 68 valence electrons. The predicted octanol–water partition coefficient (Wildman–Crippen LogP) is 1.07. The van der Waals surface area contributed by atoms with Gasteiger partial charge >= 0.3 is 0 Å². The summed E-state index contributed by atoms with van der Waals surface area (Å²) in [6.07, 6.45) is 0. The minimum atomic E-state index is 0.627. The van der Waals surface area contributed by atoms with E-state index in [4.69, 9.17) is 4.74 Å². The van der Waals surface area contributed by atoms with Crippen LogP contribution in [0, 0.1) is 0 Å². The van der Waals surface area contributed by atoms with Crippen LogP contribution in [-0.4, -0.2) is 27.7 Å². The first-order valence-electron chi connectivity index (χ1n) is 3.71. The molecule has 0 aliphatic carbocycles. The van der Waals surface area contributed by atoms with E-state index in [1.54, 1.807) is 18.4 Å². The van der Waals surface area contributed by atoms with Crippen LogP contribution in [0.25, 0.3) is 10.7 Å². The van der Waals surface area contributed by atoms with Crippen molar-refractivity contribution in [2.24, 2.45) is 0 Å². The van der Waals surface area contributed by atoms with Gasteiger partial charge in [0.1, 0.15) is 0 Å². The summed E-state index contributed by atoms with van der Waals surface area (Å²) in [5.74, 6) is 0.632. The van der Waals surface area contributed by atoms with Crippen LogP contribution in [0.15, 0.2) is 12.1 Å². The van der Waals surface area contributed by atoms with E-state index >= 15 is 0 Å². The van der Waals surface area contributed by atoms with Gasteiger partial charge in [-0.15, -0.1) is 21.5 Å². The van der Waals surface area contributed by atoms with Crippen LogP contribution < -0.4 is 0 Å². The van der Waals surface area contributed by atoms with Gasteiger partial charge in [0.25, 0.3) is 0 Å². The zero-order chi connectivity index (χ0) is 9.10. The van der Waals surface area contributed by atoms with Crippen LogP contribution >= 0.6 is 11.3 Å². The molecule has 2 heterocycles. The largest absolute Gasteiger partial charge is 0.379 e. The summed E-state index contributed by atoms with van der Waals surface area (Å²) in [6.45, 7) is 0.627. The molecule has 2 aromatic heterocycles. The van der Waals surface area contributed by atoms with Crippen LogP contribution in [-0.2, 0) is 11.3 Å². The molecule has 0 amide bonds. The van der Waals surface area contributed by atoms with Gasteiger partial charge in [-0.1, -0.05) is 0 Å². The fraction of sp³-hybridized carbons (Fsp3) is 0.286. The molecular formula is C7H8N4OS. The number of rotatable bonds is 3. The van der Waals surface area contributed by atoms with Crippen LogP contribution in [0.3, 0.4) is 0 Å². The van der Waals surface area contributed by atoms with Crippen LogP contribution in [0.5, 0.6) is 0 Å². The molecule has 0 bridgehead atoms. The molecular weight excluding hydrogens is 188 g/mol. The second-order valence-electron chi connectivity index (χ2n) is 2.43. The van der Waals surface area contributed by atoms with Gasteiger partial charge in [0, 0.05) is 12.0 Å². The van der Waals surface area contributed by atoms with Crippen molar-refractivity contribution in [3.63, 3.8) is 0 Å². The summed E-state index contributed by atoms with van der Waals surface area (Å²) in [6, 6.07) is 3.96. The van der Waals surface area contributed by atoms with Gasteiger partial charge in [-0.05, 0) is 17.3 Å². The molecule has 1 N–H and O–H groups in total. The second kappa shape index (κ2) is 3.63. The quantitative estimate of drug-likeness (QED) is 0.797. The lowest BCUT2D eigenvalue weighted by molar-refractivity contribution is 0.187. The maximum Gasteiger partial charge on any atom is 0.214 e. The van der Waals surface area contributed by atoms with Gasteiger partial charge in [0.15, 0.2) is 0 Å². The average Bonchev–Trinajstić information content (AvgIpc) is 2.70. The number of hydrogen-bond acceptors (Lipinski definition) is 5. The van der Waals surface area contributed by atoms with Crippen molar-refractivity contribution in [1.82, 2.24) is 20.6 Å². The van der Waals surface area contributed by atoms with Gasteiger partial charge in [-0.2, -0.15) is 5.21 Å². The number of ether oxygens (including phenoxy) is 1. The van der Waals surface area contributed by atoms with Gasteiger partial charge in [0.05, 0.1) is 11.5 Å². The van der Waals surface area contributed by atoms with Crippen molar-refractivity contribution in [1.29, 1.82) is 0 Å². The highest BCUT2D eigenvalue weighted by molar-refractivity contribution is 7.15. The number of hydrogen-bond donors (Lipinski definition) is 1. The normalized spacial score (nSPS) is 10.5. The zero-order valence-corrected chi connectivity index (χ0v) is 7.84. The Balaban J connectivity index is 2.23. The van der Waals surface area contributed by atoms with Crippen LogP contribution in [0.4, 0.5) is 0 Å². The van der Waals surface area contributed by atoms with E-state index in [2.05, 4.69) is 20.6 Å². The highest BCUT2D eigenvalue weighted by Crippen LogP contribution is 2.24. The number of thiophene rings is 1. The maximum atomic E-state index is 5.00. The Labute approximate surface area is 78.7 Å². The highest BCUT2D eigenvalue weighted by Gasteiger charge is 2.05. The molecule has 0 spiro atoms. The molecule has 0 radical (unpaired) electrons. The first-order valence-corrected chi connectivity index (χ1v) is 4.53. The van der Waals surface area contributed by atoms with E-state index in [0.29, 0.717) is 12.4 Å². The molecule has 0 saturated heterocycles. The van der Waals surface area contributed by atoms with Crippen molar-refractivity contribution in [3.05, 3.63) is 17.0 Å². The molecule has 0 fully saturated rings. The molecule has 0 aromatic carbocycles. The highest BCUT2D eigenvalue weighted by atomic mass is 32.1. The second-order valence-corrected chi connectivity index (χ2v) is 3.60. The number of methoxy groups -OCH3 is 1.